The molecule has 1 aromatic rings. The maximum atomic E-state index is 5.33. The topological polar surface area (TPSA) is 59.2 Å². The first-order valence-electron chi connectivity index (χ1n) is 5.26. The minimum Gasteiger partial charge on any atom is -0.383 e. The predicted molar refractivity (Wildman–Crippen MR) is 57.1 cm³/mol. The lowest BCUT2D eigenvalue weighted by atomic mass is 10.1. The summed E-state index contributed by atoms with van der Waals surface area (Å²) in [7, 11) is 1.69. The first kappa shape index (κ1) is 10.4. The fraction of sp³-hybridized carbons (Fsp3) is 0.700. The van der Waals surface area contributed by atoms with Gasteiger partial charge in [-0.3, -0.25) is 5.10 Å². The van der Waals surface area contributed by atoms with Gasteiger partial charge in [0.25, 0.3) is 0 Å². The summed E-state index contributed by atoms with van der Waals surface area (Å²) in [5.41, 5.74) is 1.16. The number of rotatable bonds is 5. The van der Waals surface area contributed by atoms with Gasteiger partial charge in [0.05, 0.1) is 13.2 Å². The average molecular weight is 211 g/mol. The molecule has 1 unspecified atom stereocenters. The largest absolute Gasteiger partial charge is 0.383 e. The molecule has 5 nitrogen and oxygen atoms in total. The maximum Gasteiger partial charge on any atom is 0.148 e. The average Bonchev–Trinajstić information content (AvgIpc) is 2.87. The summed E-state index contributed by atoms with van der Waals surface area (Å²) >= 11 is 0. The van der Waals surface area contributed by atoms with Crippen LogP contribution in [0.4, 0.5) is 5.82 Å². The van der Waals surface area contributed by atoms with Crippen LogP contribution in [0.3, 0.4) is 0 Å². The number of hydrogen-bond donors (Lipinski definition) is 2. The van der Waals surface area contributed by atoms with Crippen LogP contribution in [-0.2, 0) is 9.47 Å². The molecule has 0 radical (unpaired) electrons. The summed E-state index contributed by atoms with van der Waals surface area (Å²) < 4.78 is 10.3. The van der Waals surface area contributed by atoms with Crippen molar-refractivity contribution in [3.63, 3.8) is 0 Å². The van der Waals surface area contributed by atoms with Crippen molar-refractivity contribution in [3.05, 3.63) is 11.8 Å². The van der Waals surface area contributed by atoms with Gasteiger partial charge >= 0.3 is 0 Å². The fourth-order valence-corrected chi connectivity index (χ4v) is 1.70. The third-order valence-corrected chi connectivity index (χ3v) is 2.58. The Morgan fingerprint density at radius 2 is 2.67 bits per heavy atom. The normalized spacial score (nSPS) is 20.7. The quantitative estimate of drug-likeness (QED) is 0.712. The van der Waals surface area contributed by atoms with Gasteiger partial charge in [0.15, 0.2) is 0 Å². The Hall–Kier alpha value is -1.07. The Kier molecular flexibility index (Phi) is 3.58. The lowest BCUT2D eigenvalue weighted by Gasteiger charge is -2.02. The van der Waals surface area contributed by atoms with E-state index in [2.05, 4.69) is 21.6 Å². The van der Waals surface area contributed by atoms with Crippen molar-refractivity contribution in [2.24, 2.45) is 0 Å². The standard InChI is InChI=1S/C10H17N3O2/c1-14-5-3-11-10-6-9(12-13-10)8-2-4-15-7-8/h6,8H,2-5,7H2,1H3,(H2,11,12,13). The molecule has 0 spiro atoms. The number of nitrogens with one attached hydrogen (secondary N) is 2. The van der Waals surface area contributed by atoms with Gasteiger partial charge in [-0.25, -0.2) is 0 Å². The highest BCUT2D eigenvalue weighted by molar-refractivity contribution is 5.36. The molecule has 84 valence electrons. The summed E-state index contributed by atoms with van der Waals surface area (Å²) in [5.74, 6) is 1.37. The molecule has 1 aliphatic heterocycles. The fourth-order valence-electron chi connectivity index (χ4n) is 1.70. The molecule has 0 aromatic carbocycles. The Bertz CT molecular complexity index is 295. The van der Waals surface area contributed by atoms with Gasteiger partial charge in [0.1, 0.15) is 5.82 Å². The highest BCUT2D eigenvalue weighted by Crippen LogP contribution is 2.24. The van der Waals surface area contributed by atoms with Crippen LogP contribution in [0.5, 0.6) is 0 Å². The van der Waals surface area contributed by atoms with Gasteiger partial charge in [-0.1, -0.05) is 0 Å². The highest BCUT2D eigenvalue weighted by Gasteiger charge is 2.19. The summed E-state index contributed by atoms with van der Waals surface area (Å²) in [5, 5.41) is 10.4. The van der Waals surface area contributed by atoms with E-state index in [0.29, 0.717) is 12.5 Å². The summed E-state index contributed by atoms with van der Waals surface area (Å²) in [6.45, 7) is 3.13. The zero-order valence-electron chi connectivity index (χ0n) is 8.95. The van der Waals surface area contributed by atoms with Crippen LogP contribution in [0.2, 0.25) is 0 Å². The van der Waals surface area contributed by atoms with Crippen molar-refractivity contribution < 1.29 is 9.47 Å². The van der Waals surface area contributed by atoms with E-state index < -0.39 is 0 Å². The third kappa shape index (κ3) is 2.70. The molecule has 1 atom stereocenters. The van der Waals surface area contributed by atoms with E-state index in [1.54, 1.807) is 7.11 Å². The van der Waals surface area contributed by atoms with Crippen molar-refractivity contribution in [1.82, 2.24) is 10.2 Å². The van der Waals surface area contributed by atoms with E-state index in [9.17, 15) is 0 Å². The molecule has 1 saturated heterocycles. The minimum atomic E-state index is 0.482. The molecule has 1 aromatic heterocycles. The zero-order valence-corrected chi connectivity index (χ0v) is 8.95. The van der Waals surface area contributed by atoms with Gasteiger partial charge in [-0.2, -0.15) is 5.10 Å². The van der Waals surface area contributed by atoms with E-state index in [4.69, 9.17) is 9.47 Å². The van der Waals surface area contributed by atoms with Gasteiger partial charge < -0.3 is 14.8 Å². The van der Waals surface area contributed by atoms with Crippen LogP contribution in [0.15, 0.2) is 6.07 Å². The molecule has 1 aliphatic rings. The second kappa shape index (κ2) is 5.14. The van der Waals surface area contributed by atoms with Crippen LogP contribution >= 0.6 is 0 Å². The smallest absolute Gasteiger partial charge is 0.148 e. The number of H-pyrrole nitrogens is 1. The lowest BCUT2D eigenvalue weighted by molar-refractivity contribution is 0.193. The van der Waals surface area contributed by atoms with Gasteiger partial charge in [-0.05, 0) is 6.42 Å². The highest BCUT2D eigenvalue weighted by atomic mass is 16.5. The molecule has 5 heteroatoms. The van der Waals surface area contributed by atoms with Crippen LogP contribution in [0.25, 0.3) is 0 Å². The van der Waals surface area contributed by atoms with Crippen LogP contribution < -0.4 is 5.32 Å². The molecule has 0 amide bonds. The molecular weight excluding hydrogens is 194 g/mol. The van der Waals surface area contributed by atoms with Gasteiger partial charge in [-0.15, -0.1) is 0 Å². The van der Waals surface area contributed by atoms with E-state index >= 15 is 0 Å². The van der Waals surface area contributed by atoms with Crippen molar-refractivity contribution in [2.45, 2.75) is 12.3 Å². The molecule has 2 heterocycles. The van der Waals surface area contributed by atoms with Crippen molar-refractivity contribution in [1.29, 1.82) is 0 Å². The minimum absolute atomic E-state index is 0.482. The molecule has 2 N–H and O–H groups in total. The van der Waals surface area contributed by atoms with Gasteiger partial charge in [0.2, 0.25) is 0 Å². The first-order chi connectivity index (χ1) is 7.40. The first-order valence-corrected chi connectivity index (χ1v) is 5.26. The maximum absolute atomic E-state index is 5.33. The van der Waals surface area contributed by atoms with Crippen molar-refractivity contribution >= 4 is 5.82 Å². The number of methoxy groups -OCH3 is 1. The SMILES string of the molecule is COCCNc1cc(C2CCOC2)[nH]n1. The third-order valence-electron chi connectivity index (χ3n) is 2.58. The molecule has 0 aliphatic carbocycles. The molecule has 15 heavy (non-hydrogen) atoms. The Morgan fingerprint density at radius 1 is 1.73 bits per heavy atom. The number of anilines is 1. The van der Waals surface area contributed by atoms with E-state index in [-0.39, 0.29) is 0 Å². The number of nitrogens with zero attached hydrogens (tertiary/aromatic N) is 1. The number of aromatic nitrogens is 2. The zero-order chi connectivity index (χ0) is 10.5. The predicted octanol–water partition coefficient (Wildman–Crippen LogP) is 0.972. The van der Waals surface area contributed by atoms with E-state index in [1.165, 1.54) is 0 Å². The summed E-state index contributed by atoms with van der Waals surface area (Å²) in [6.07, 6.45) is 1.08. The monoisotopic (exact) mass is 211 g/mol. The molecular formula is C10H17N3O2. The Balaban J connectivity index is 1.86. The molecule has 0 bridgehead atoms. The molecule has 0 saturated carbocycles. The summed E-state index contributed by atoms with van der Waals surface area (Å²) in [4.78, 5) is 0. The second-order valence-electron chi connectivity index (χ2n) is 3.69. The lowest BCUT2D eigenvalue weighted by Crippen LogP contribution is -2.07. The van der Waals surface area contributed by atoms with Crippen LogP contribution in [0, 0.1) is 0 Å². The van der Waals surface area contributed by atoms with E-state index in [1.807, 2.05) is 0 Å². The van der Waals surface area contributed by atoms with Crippen LogP contribution in [-0.4, -0.2) is 43.7 Å². The molecule has 1 fully saturated rings. The van der Waals surface area contributed by atoms with Gasteiger partial charge in [0, 0.05) is 37.9 Å². The second-order valence-corrected chi connectivity index (χ2v) is 3.69. The van der Waals surface area contributed by atoms with Crippen molar-refractivity contribution in [2.75, 3.05) is 38.8 Å². The number of hydrogen-bond acceptors (Lipinski definition) is 4. The van der Waals surface area contributed by atoms with E-state index in [0.717, 1.165) is 37.7 Å². The molecule has 2 rings (SSSR count). The Labute approximate surface area is 89.2 Å². The Morgan fingerprint density at radius 3 is 3.40 bits per heavy atom. The number of aromatic amines is 1. The summed E-state index contributed by atoms with van der Waals surface area (Å²) in [6, 6.07) is 2.05. The van der Waals surface area contributed by atoms with Crippen LogP contribution in [0.1, 0.15) is 18.0 Å². The van der Waals surface area contributed by atoms with Crippen molar-refractivity contribution in [3.8, 4) is 0 Å². The number of ether oxygens (including phenoxy) is 2.